The van der Waals surface area contributed by atoms with E-state index in [1.54, 1.807) is 4.90 Å². The Morgan fingerprint density at radius 3 is 2.68 bits per heavy atom. The van der Waals surface area contributed by atoms with E-state index < -0.39 is 0 Å². The lowest BCUT2D eigenvalue weighted by Crippen LogP contribution is -2.37. The number of anilines is 1. The third kappa shape index (κ3) is 3.20. The van der Waals surface area contributed by atoms with Crippen molar-refractivity contribution in [3.8, 4) is 0 Å². The largest absolute Gasteiger partial charge is 0.352 e. The first-order valence-electron chi connectivity index (χ1n) is 6.56. The lowest BCUT2D eigenvalue weighted by molar-refractivity contribution is -0.119. The normalized spacial score (nSPS) is 14.3. The fourth-order valence-electron chi connectivity index (χ4n) is 1.99. The van der Waals surface area contributed by atoms with Crippen LogP contribution in [0.3, 0.4) is 0 Å². The molecule has 3 N–H and O–H groups in total. The van der Waals surface area contributed by atoms with E-state index in [1.807, 2.05) is 20.9 Å². The second-order valence-corrected chi connectivity index (χ2v) is 5.11. The van der Waals surface area contributed by atoms with Crippen LogP contribution >= 0.6 is 0 Å². The predicted molar refractivity (Wildman–Crippen MR) is 73.8 cm³/mol. The van der Waals surface area contributed by atoms with E-state index in [1.165, 1.54) is 0 Å². The lowest BCUT2D eigenvalue weighted by Gasteiger charge is -2.21. The van der Waals surface area contributed by atoms with Gasteiger partial charge in [0.25, 0.3) is 0 Å². The third-order valence-electron chi connectivity index (χ3n) is 3.45. The zero-order valence-electron chi connectivity index (χ0n) is 11.7. The molecular formula is C13H21N5O. The Labute approximate surface area is 113 Å². The number of aromatic nitrogens is 2. The number of aryl methyl sites for hydroxylation is 1. The van der Waals surface area contributed by atoms with Crippen LogP contribution in [-0.2, 0) is 11.3 Å². The molecule has 0 radical (unpaired) electrons. The van der Waals surface area contributed by atoms with Gasteiger partial charge in [-0.25, -0.2) is 0 Å². The minimum atomic E-state index is 0.0213. The number of amides is 1. The van der Waals surface area contributed by atoms with Crippen molar-refractivity contribution < 1.29 is 4.79 Å². The zero-order valence-corrected chi connectivity index (χ0v) is 11.7. The van der Waals surface area contributed by atoms with E-state index in [0.29, 0.717) is 18.4 Å². The highest BCUT2D eigenvalue weighted by atomic mass is 16.2. The Morgan fingerprint density at radius 2 is 2.11 bits per heavy atom. The van der Waals surface area contributed by atoms with Crippen LogP contribution in [-0.4, -0.2) is 35.7 Å². The van der Waals surface area contributed by atoms with Crippen LogP contribution < -0.4 is 16.0 Å². The Balaban J connectivity index is 2.11. The summed E-state index contributed by atoms with van der Waals surface area (Å²) >= 11 is 0. The number of carbonyl (C=O) groups is 1. The van der Waals surface area contributed by atoms with E-state index in [0.717, 1.165) is 29.7 Å². The van der Waals surface area contributed by atoms with Crippen molar-refractivity contribution in [2.24, 2.45) is 5.73 Å². The Kier molecular flexibility index (Phi) is 3.99. The first-order chi connectivity index (χ1) is 9.02. The molecule has 0 atom stereocenters. The van der Waals surface area contributed by atoms with E-state index >= 15 is 0 Å². The number of hydrogen-bond donors (Lipinski definition) is 2. The minimum Gasteiger partial charge on any atom is -0.352 e. The molecule has 19 heavy (non-hydrogen) atoms. The number of carbonyl (C=O) groups excluding carboxylic acids is 1. The molecule has 1 saturated carbocycles. The molecular weight excluding hydrogens is 242 g/mol. The summed E-state index contributed by atoms with van der Waals surface area (Å²) in [6.45, 7) is 4.56. The minimum absolute atomic E-state index is 0.0213. The van der Waals surface area contributed by atoms with E-state index in [4.69, 9.17) is 5.73 Å². The van der Waals surface area contributed by atoms with Gasteiger partial charge in [0, 0.05) is 25.2 Å². The van der Waals surface area contributed by atoms with Crippen LogP contribution in [0.2, 0.25) is 0 Å². The summed E-state index contributed by atoms with van der Waals surface area (Å²) in [7, 11) is 1.84. The Morgan fingerprint density at radius 1 is 1.42 bits per heavy atom. The summed E-state index contributed by atoms with van der Waals surface area (Å²) in [5.74, 6) is 0.713. The highest BCUT2D eigenvalue weighted by Crippen LogP contribution is 2.21. The van der Waals surface area contributed by atoms with Gasteiger partial charge in [-0.3, -0.25) is 4.79 Å². The molecule has 0 aromatic carbocycles. The van der Waals surface area contributed by atoms with Gasteiger partial charge in [-0.2, -0.15) is 5.10 Å². The molecule has 1 heterocycles. The maximum absolute atomic E-state index is 11.8. The number of nitrogens with zero attached hydrogens (tertiary/aromatic N) is 3. The maximum atomic E-state index is 11.8. The number of hydrogen-bond acceptors (Lipinski definition) is 5. The van der Waals surface area contributed by atoms with Crippen molar-refractivity contribution in [2.45, 2.75) is 39.3 Å². The lowest BCUT2D eigenvalue weighted by atomic mass is 10.1. The molecule has 1 aromatic rings. The van der Waals surface area contributed by atoms with Crippen LogP contribution in [0.4, 0.5) is 5.82 Å². The van der Waals surface area contributed by atoms with E-state index in [2.05, 4.69) is 15.5 Å². The van der Waals surface area contributed by atoms with Gasteiger partial charge in [0.15, 0.2) is 5.82 Å². The number of nitrogens with two attached hydrogens (primary N) is 1. The van der Waals surface area contributed by atoms with Crippen molar-refractivity contribution in [1.82, 2.24) is 15.5 Å². The van der Waals surface area contributed by atoms with Gasteiger partial charge in [0.05, 0.1) is 12.2 Å². The molecule has 0 saturated heterocycles. The van der Waals surface area contributed by atoms with Gasteiger partial charge >= 0.3 is 0 Å². The fourth-order valence-corrected chi connectivity index (χ4v) is 1.99. The molecule has 0 aliphatic heterocycles. The van der Waals surface area contributed by atoms with E-state index in [-0.39, 0.29) is 12.5 Å². The molecule has 1 aromatic heterocycles. The van der Waals surface area contributed by atoms with Gasteiger partial charge in [-0.15, -0.1) is 5.10 Å². The van der Waals surface area contributed by atoms with Crippen LogP contribution in [0.25, 0.3) is 0 Å². The molecule has 6 heteroatoms. The standard InChI is InChI=1S/C13H21N5O/c1-8-9(2)16-17-13(11(8)6-14)18(3)7-12(19)15-10-4-5-10/h10H,4-7,14H2,1-3H3,(H,15,19). The topological polar surface area (TPSA) is 84.1 Å². The van der Waals surface area contributed by atoms with Gasteiger partial charge < -0.3 is 16.0 Å². The maximum Gasteiger partial charge on any atom is 0.239 e. The van der Waals surface area contributed by atoms with Gasteiger partial charge in [0.2, 0.25) is 5.91 Å². The highest BCUT2D eigenvalue weighted by Gasteiger charge is 2.24. The van der Waals surface area contributed by atoms with Gasteiger partial charge in [-0.05, 0) is 32.3 Å². The average molecular weight is 263 g/mol. The Bertz CT molecular complexity index is 484. The molecule has 1 fully saturated rings. The summed E-state index contributed by atoms with van der Waals surface area (Å²) in [6, 6.07) is 0.376. The van der Waals surface area contributed by atoms with Crippen LogP contribution in [0.5, 0.6) is 0 Å². The highest BCUT2D eigenvalue weighted by molar-refractivity contribution is 5.81. The molecule has 1 aliphatic carbocycles. The van der Waals surface area contributed by atoms with Crippen molar-refractivity contribution in [1.29, 1.82) is 0 Å². The zero-order chi connectivity index (χ0) is 14.0. The summed E-state index contributed by atoms with van der Waals surface area (Å²) in [6.07, 6.45) is 2.18. The molecule has 2 rings (SSSR count). The SMILES string of the molecule is Cc1nnc(N(C)CC(=O)NC2CC2)c(CN)c1C. The summed E-state index contributed by atoms with van der Waals surface area (Å²) < 4.78 is 0. The molecule has 0 bridgehead atoms. The number of rotatable bonds is 5. The summed E-state index contributed by atoms with van der Waals surface area (Å²) in [4.78, 5) is 13.6. The second kappa shape index (κ2) is 5.52. The van der Waals surface area contributed by atoms with Crippen LogP contribution in [0.15, 0.2) is 0 Å². The molecule has 0 spiro atoms. The smallest absolute Gasteiger partial charge is 0.239 e. The number of likely N-dealkylation sites (N-methyl/N-ethyl adjacent to an activating group) is 1. The van der Waals surface area contributed by atoms with Crippen molar-refractivity contribution in [3.63, 3.8) is 0 Å². The monoisotopic (exact) mass is 263 g/mol. The van der Waals surface area contributed by atoms with Crippen molar-refractivity contribution >= 4 is 11.7 Å². The first-order valence-corrected chi connectivity index (χ1v) is 6.56. The predicted octanol–water partition coefficient (Wildman–Crippen LogP) is 0.267. The van der Waals surface area contributed by atoms with Gasteiger partial charge in [-0.1, -0.05) is 0 Å². The quantitative estimate of drug-likeness (QED) is 0.796. The molecule has 0 unspecified atom stereocenters. The van der Waals surface area contributed by atoms with E-state index in [9.17, 15) is 4.79 Å². The van der Waals surface area contributed by atoms with Crippen LogP contribution in [0, 0.1) is 13.8 Å². The Hall–Kier alpha value is -1.69. The van der Waals surface area contributed by atoms with Crippen LogP contribution in [0.1, 0.15) is 29.7 Å². The third-order valence-corrected chi connectivity index (χ3v) is 3.45. The fraction of sp³-hybridized carbons (Fsp3) is 0.615. The first kappa shape index (κ1) is 13.7. The molecule has 6 nitrogen and oxygen atoms in total. The van der Waals surface area contributed by atoms with Gasteiger partial charge in [0.1, 0.15) is 0 Å². The average Bonchev–Trinajstić information content (AvgIpc) is 3.15. The number of nitrogens with one attached hydrogen (secondary N) is 1. The molecule has 1 amide bonds. The second-order valence-electron chi connectivity index (χ2n) is 5.11. The molecule has 104 valence electrons. The van der Waals surface area contributed by atoms with Crippen molar-refractivity contribution in [2.75, 3.05) is 18.5 Å². The van der Waals surface area contributed by atoms with Crippen molar-refractivity contribution in [3.05, 3.63) is 16.8 Å². The summed E-state index contributed by atoms with van der Waals surface area (Å²) in [5.41, 5.74) is 8.66. The summed E-state index contributed by atoms with van der Waals surface area (Å²) in [5, 5.41) is 11.2. The molecule has 1 aliphatic rings.